The number of halogens is 2. The molecule has 5 nitrogen and oxygen atoms in total. The Balaban J connectivity index is 1.50. The van der Waals surface area contributed by atoms with Gasteiger partial charge in [-0.3, -0.25) is 4.79 Å². The van der Waals surface area contributed by atoms with Crippen LogP contribution >= 0.6 is 11.3 Å². The van der Waals surface area contributed by atoms with Crippen molar-refractivity contribution in [1.82, 2.24) is 4.90 Å². The second-order valence-electron chi connectivity index (χ2n) is 6.61. The zero-order chi connectivity index (χ0) is 20.1. The number of rotatable bonds is 7. The first-order valence-electron chi connectivity index (χ1n) is 8.98. The molecule has 0 aliphatic heterocycles. The van der Waals surface area contributed by atoms with Gasteiger partial charge in [-0.05, 0) is 48.9 Å². The quantitative estimate of drug-likeness (QED) is 0.648. The van der Waals surface area contributed by atoms with Crippen molar-refractivity contribution in [3.63, 3.8) is 0 Å². The molecule has 0 saturated carbocycles. The largest absolute Gasteiger partial charge is 0.452 e. The maximum Gasteiger partial charge on any atom is 0.387 e. The van der Waals surface area contributed by atoms with Crippen LogP contribution in [0.15, 0.2) is 29.6 Å². The van der Waals surface area contributed by atoms with E-state index < -0.39 is 12.6 Å². The minimum absolute atomic E-state index is 0.0563. The first-order valence-corrected chi connectivity index (χ1v) is 9.86. The van der Waals surface area contributed by atoms with Gasteiger partial charge in [-0.25, -0.2) is 4.79 Å². The van der Waals surface area contributed by atoms with E-state index in [0.29, 0.717) is 5.56 Å². The van der Waals surface area contributed by atoms with Gasteiger partial charge in [0.2, 0.25) is 0 Å². The summed E-state index contributed by atoms with van der Waals surface area (Å²) in [5.41, 5.74) is 2.38. The SMILES string of the molecule is CN(Cc1ccc(OC(F)F)cc1)C(=O)COC(=O)c1csc2c1CCCC2. The highest BCUT2D eigenvalue weighted by Crippen LogP contribution is 2.30. The number of alkyl halides is 2. The van der Waals surface area contributed by atoms with E-state index in [1.807, 2.05) is 5.38 Å². The zero-order valence-corrected chi connectivity index (χ0v) is 16.3. The topological polar surface area (TPSA) is 55.8 Å². The number of esters is 1. The maximum atomic E-state index is 12.3. The maximum absolute atomic E-state index is 12.3. The zero-order valence-electron chi connectivity index (χ0n) is 15.5. The number of benzene rings is 1. The van der Waals surface area contributed by atoms with E-state index in [1.165, 1.54) is 21.9 Å². The Morgan fingerprint density at radius 1 is 1.18 bits per heavy atom. The second-order valence-corrected chi connectivity index (χ2v) is 7.57. The van der Waals surface area contributed by atoms with Crippen molar-refractivity contribution in [3.8, 4) is 5.75 Å². The van der Waals surface area contributed by atoms with Crippen molar-refractivity contribution in [2.75, 3.05) is 13.7 Å². The Morgan fingerprint density at radius 3 is 2.61 bits per heavy atom. The first kappa shape index (κ1) is 20.3. The highest BCUT2D eigenvalue weighted by molar-refractivity contribution is 7.10. The van der Waals surface area contributed by atoms with Crippen LogP contribution in [0.2, 0.25) is 0 Å². The minimum Gasteiger partial charge on any atom is -0.452 e. The van der Waals surface area contributed by atoms with Gasteiger partial charge in [-0.15, -0.1) is 11.3 Å². The summed E-state index contributed by atoms with van der Waals surface area (Å²) in [6, 6.07) is 6.04. The van der Waals surface area contributed by atoms with Gasteiger partial charge in [0.1, 0.15) is 5.75 Å². The van der Waals surface area contributed by atoms with E-state index in [-0.39, 0.29) is 24.8 Å². The van der Waals surface area contributed by atoms with Gasteiger partial charge in [0.15, 0.2) is 6.61 Å². The number of hydrogen-bond donors (Lipinski definition) is 0. The summed E-state index contributed by atoms with van der Waals surface area (Å²) in [5.74, 6) is -0.749. The number of aryl methyl sites for hydroxylation is 1. The third kappa shape index (κ3) is 5.07. The molecule has 1 aliphatic rings. The molecule has 0 radical (unpaired) electrons. The van der Waals surface area contributed by atoms with Crippen LogP contribution in [0.5, 0.6) is 5.75 Å². The number of amides is 1. The van der Waals surface area contributed by atoms with E-state index in [1.54, 1.807) is 30.5 Å². The third-order valence-corrected chi connectivity index (χ3v) is 5.69. The Kier molecular flexibility index (Phi) is 6.61. The number of carbonyl (C=O) groups excluding carboxylic acids is 2. The van der Waals surface area contributed by atoms with Gasteiger partial charge < -0.3 is 14.4 Å². The molecule has 8 heteroatoms. The van der Waals surface area contributed by atoms with Crippen molar-refractivity contribution in [3.05, 3.63) is 51.2 Å². The van der Waals surface area contributed by atoms with E-state index in [2.05, 4.69) is 4.74 Å². The second kappa shape index (κ2) is 9.14. The summed E-state index contributed by atoms with van der Waals surface area (Å²) in [6.07, 6.45) is 4.08. The summed E-state index contributed by atoms with van der Waals surface area (Å²) >= 11 is 1.57. The van der Waals surface area contributed by atoms with Crippen molar-refractivity contribution < 1.29 is 27.8 Å². The molecule has 0 atom stereocenters. The molecule has 1 aliphatic carbocycles. The fourth-order valence-electron chi connectivity index (χ4n) is 3.12. The van der Waals surface area contributed by atoms with Crippen LogP contribution < -0.4 is 4.74 Å². The van der Waals surface area contributed by atoms with Crippen LogP contribution in [0, 0.1) is 0 Å². The van der Waals surface area contributed by atoms with Gasteiger partial charge in [0.25, 0.3) is 5.91 Å². The van der Waals surface area contributed by atoms with Crippen molar-refractivity contribution in [1.29, 1.82) is 0 Å². The molecule has 0 saturated heterocycles. The molecule has 0 N–H and O–H groups in total. The molecule has 1 aromatic carbocycles. The predicted molar refractivity (Wildman–Crippen MR) is 101 cm³/mol. The summed E-state index contributed by atoms with van der Waals surface area (Å²) in [5, 5.41) is 1.82. The third-order valence-electron chi connectivity index (χ3n) is 4.60. The molecular weight excluding hydrogens is 388 g/mol. The Labute approximate surface area is 165 Å². The average molecular weight is 409 g/mol. The van der Waals surface area contributed by atoms with Gasteiger partial charge in [-0.1, -0.05) is 12.1 Å². The van der Waals surface area contributed by atoms with Crippen LogP contribution in [0.1, 0.15) is 39.2 Å². The van der Waals surface area contributed by atoms with Crippen molar-refractivity contribution >= 4 is 23.2 Å². The van der Waals surface area contributed by atoms with E-state index in [0.717, 1.165) is 36.8 Å². The minimum atomic E-state index is -2.88. The molecule has 150 valence electrons. The number of nitrogens with zero attached hydrogens (tertiary/aromatic N) is 1. The van der Waals surface area contributed by atoms with Crippen LogP contribution in [-0.2, 0) is 28.9 Å². The Hall–Kier alpha value is -2.48. The standard InChI is InChI=1S/C20H21F2NO4S/c1-23(10-13-6-8-14(9-7-13)27-20(21)22)18(24)11-26-19(25)16-12-28-17-5-3-2-4-15(16)17/h6-9,12,20H,2-5,10-11H2,1H3. The molecular formula is C20H21F2NO4S. The molecule has 0 unspecified atom stereocenters. The summed E-state index contributed by atoms with van der Waals surface area (Å²) in [7, 11) is 1.59. The van der Waals surface area contributed by atoms with E-state index >= 15 is 0 Å². The van der Waals surface area contributed by atoms with Crippen LogP contribution in [0.25, 0.3) is 0 Å². The van der Waals surface area contributed by atoms with E-state index in [9.17, 15) is 18.4 Å². The lowest BCUT2D eigenvalue weighted by Crippen LogP contribution is -2.30. The molecule has 0 spiro atoms. The van der Waals surface area contributed by atoms with Crippen molar-refractivity contribution in [2.45, 2.75) is 38.8 Å². The average Bonchev–Trinajstić information content (AvgIpc) is 3.11. The number of hydrogen-bond acceptors (Lipinski definition) is 5. The Morgan fingerprint density at radius 2 is 1.89 bits per heavy atom. The molecule has 0 fully saturated rings. The number of thiophene rings is 1. The monoisotopic (exact) mass is 409 g/mol. The van der Waals surface area contributed by atoms with Gasteiger partial charge in [-0.2, -0.15) is 8.78 Å². The predicted octanol–water partition coefficient (Wildman–Crippen LogP) is 4.04. The lowest BCUT2D eigenvalue weighted by molar-refractivity contribution is -0.133. The molecule has 1 aromatic heterocycles. The normalized spacial score (nSPS) is 13.1. The van der Waals surface area contributed by atoms with E-state index in [4.69, 9.17) is 4.74 Å². The fraction of sp³-hybridized carbons (Fsp3) is 0.400. The molecule has 2 aromatic rings. The molecule has 1 heterocycles. The summed E-state index contributed by atoms with van der Waals surface area (Å²) < 4.78 is 33.8. The van der Waals surface area contributed by atoms with Crippen LogP contribution in [0.3, 0.4) is 0 Å². The Bertz CT molecular complexity index is 835. The molecule has 3 rings (SSSR count). The van der Waals surface area contributed by atoms with Crippen LogP contribution in [-0.4, -0.2) is 37.0 Å². The summed E-state index contributed by atoms with van der Waals surface area (Å²) in [6.45, 7) is -2.95. The van der Waals surface area contributed by atoms with Crippen molar-refractivity contribution in [2.24, 2.45) is 0 Å². The number of likely N-dealkylation sites (N-methyl/N-ethyl adjacent to an activating group) is 1. The number of carbonyl (C=O) groups is 2. The highest BCUT2D eigenvalue weighted by Gasteiger charge is 2.22. The first-order chi connectivity index (χ1) is 13.4. The molecule has 28 heavy (non-hydrogen) atoms. The number of ether oxygens (including phenoxy) is 2. The lowest BCUT2D eigenvalue weighted by Gasteiger charge is -2.18. The molecule has 1 amide bonds. The smallest absolute Gasteiger partial charge is 0.387 e. The lowest BCUT2D eigenvalue weighted by atomic mass is 9.96. The van der Waals surface area contributed by atoms with Gasteiger partial charge in [0, 0.05) is 23.8 Å². The summed E-state index contributed by atoms with van der Waals surface area (Å²) in [4.78, 5) is 27.2. The fourth-order valence-corrected chi connectivity index (χ4v) is 4.23. The van der Waals surface area contributed by atoms with Gasteiger partial charge in [0.05, 0.1) is 5.56 Å². The van der Waals surface area contributed by atoms with Gasteiger partial charge >= 0.3 is 12.6 Å². The number of fused-ring (bicyclic) bond motifs is 1. The highest BCUT2D eigenvalue weighted by atomic mass is 32.1. The molecule has 0 bridgehead atoms. The van der Waals surface area contributed by atoms with Crippen LogP contribution in [0.4, 0.5) is 8.78 Å².